The first-order chi connectivity index (χ1) is 12.0. The van der Waals surface area contributed by atoms with E-state index in [9.17, 15) is 4.79 Å². The molecule has 130 valence electrons. The van der Waals surface area contributed by atoms with Gasteiger partial charge in [-0.05, 0) is 34.7 Å². The summed E-state index contributed by atoms with van der Waals surface area (Å²) in [5.74, 6) is -0.0688. The Labute approximate surface area is 158 Å². The fourth-order valence-corrected chi connectivity index (χ4v) is 3.34. The van der Waals surface area contributed by atoms with Crippen molar-refractivity contribution in [3.8, 4) is 11.3 Å². The Morgan fingerprint density at radius 3 is 2.72 bits per heavy atom. The molecule has 0 radical (unpaired) electrons. The number of likely N-dealkylation sites (N-methyl/N-ethyl adjacent to an activating group) is 1. The molecule has 25 heavy (non-hydrogen) atoms. The lowest BCUT2D eigenvalue weighted by Crippen LogP contribution is -2.23. The van der Waals surface area contributed by atoms with Crippen LogP contribution in [0.25, 0.3) is 16.9 Å². The molecule has 2 heterocycles. The highest BCUT2D eigenvalue weighted by Gasteiger charge is 2.15. The molecule has 0 bridgehead atoms. The van der Waals surface area contributed by atoms with Crippen LogP contribution in [-0.4, -0.2) is 52.8 Å². The van der Waals surface area contributed by atoms with Gasteiger partial charge in [-0.15, -0.1) is 0 Å². The maximum atomic E-state index is 11.0. The van der Waals surface area contributed by atoms with Gasteiger partial charge in [-0.1, -0.05) is 12.1 Å². The predicted molar refractivity (Wildman–Crippen MR) is 103 cm³/mol. The van der Waals surface area contributed by atoms with Crippen LogP contribution in [0.4, 0.5) is 5.82 Å². The van der Waals surface area contributed by atoms with Gasteiger partial charge in [-0.2, -0.15) is 0 Å². The molecule has 3 rings (SSSR count). The summed E-state index contributed by atoms with van der Waals surface area (Å²) in [5, 5.41) is 9.00. The van der Waals surface area contributed by atoms with E-state index in [0.717, 1.165) is 33.0 Å². The van der Waals surface area contributed by atoms with Gasteiger partial charge in [-0.25, -0.2) is 9.78 Å². The molecule has 1 aromatic carbocycles. The fraction of sp³-hybridized carbons (Fsp3) is 0.235. The van der Waals surface area contributed by atoms with Crippen molar-refractivity contribution < 1.29 is 14.6 Å². The summed E-state index contributed by atoms with van der Waals surface area (Å²) in [6.07, 6.45) is 3.63. The van der Waals surface area contributed by atoms with Gasteiger partial charge in [0.25, 0.3) is 0 Å². The third-order valence-electron chi connectivity index (χ3n) is 3.85. The molecule has 0 saturated heterocycles. The number of rotatable bonds is 6. The molecule has 0 fully saturated rings. The van der Waals surface area contributed by atoms with E-state index in [0.29, 0.717) is 6.61 Å². The van der Waals surface area contributed by atoms with E-state index in [-0.39, 0.29) is 5.56 Å². The highest BCUT2D eigenvalue weighted by atomic mass is 127. The molecule has 0 atom stereocenters. The minimum Gasteiger partial charge on any atom is -0.478 e. The summed E-state index contributed by atoms with van der Waals surface area (Å²) in [7, 11) is 3.65. The van der Waals surface area contributed by atoms with Crippen molar-refractivity contribution in [3.63, 3.8) is 0 Å². The molecule has 7 nitrogen and oxygen atoms in total. The molecular weight excluding hydrogens is 435 g/mol. The third-order valence-corrected chi connectivity index (χ3v) is 4.86. The zero-order valence-corrected chi connectivity index (χ0v) is 16.0. The van der Waals surface area contributed by atoms with Crippen molar-refractivity contribution in [2.24, 2.45) is 0 Å². The molecular formula is C17H17IN4O3. The molecule has 0 amide bonds. The Morgan fingerprint density at radius 1 is 1.36 bits per heavy atom. The van der Waals surface area contributed by atoms with Crippen LogP contribution in [0.5, 0.6) is 0 Å². The van der Waals surface area contributed by atoms with E-state index in [1.807, 2.05) is 22.5 Å². The second-order valence-electron chi connectivity index (χ2n) is 5.52. The molecule has 0 saturated carbocycles. The largest absolute Gasteiger partial charge is 0.478 e. The number of aromatic carboxylic acids is 1. The highest BCUT2D eigenvalue weighted by molar-refractivity contribution is 14.1. The van der Waals surface area contributed by atoms with E-state index in [2.05, 4.69) is 32.6 Å². The highest BCUT2D eigenvalue weighted by Crippen LogP contribution is 2.25. The topological polar surface area (TPSA) is 80.0 Å². The molecule has 0 spiro atoms. The predicted octanol–water partition coefficient (Wildman–Crippen LogP) is 2.78. The van der Waals surface area contributed by atoms with Crippen molar-refractivity contribution in [1.29, 1.82) is 0 Å². The van der Waals surface area contributed by atoms with Crippen LogP contribution < -0.4 is 4.90 Å². The number of carboxylic acid groups (broad SMARTS) is 1. The molecule has 1 N–H and O–H groups in total. The maximum Gasteiger partial charge on any atom is 0.335 e. The van der Waals surface area contributed by atoms with Gasteiger partial charge in [0.15, 0.2) is 11.5 Å². The summed E-state index contributed by atoms with van der Waals surface area (Å²) in [4.78, 5) is 22.1. The minimum atomic E-state index is -0.942. The lowest BCUT2D eigenvalue weighted by Gasteiger charge is -2.15. The average molecular weight is 452 g/mol. The number of ether oxygens (including phenoxy) is 1. The van der Waals surface area contributed by atoms with Crippen LogP contribution in [0, 0.1) is 3.70 Å². The smallest absolute Gasteiger partial charge is 0.335 e. The molecule has 3 aromatic rings. The van der Waals surface area contributed by atoms with Crippen molar-refractivity contribution in [2.45, 2.75) is 0 Å². The minimum absolute atomic E-state index is 0.254. The number of methoxy groups -OCH3 is 1. The number of hydrogen-bond donors (Lipinski definition) is 1. The lowest BCUT2D eigenvalue weighted by molar-refractivity contribution is 0.0697. The Morgan fingerprint density at radius 2 is 2.08 bits per heavy atom. The number of halogens is 1. The van der Waals surface area contributed by atoms with Gasteiger partial charge in [0.1, 0.15) is 3.70 Å². The van der Waals surface area contributed by atoms with E-state index in [1.54, 1.807) is 37.6 Å². The van der Waals surface area contributed by atoms with E-state index in [1.165, 1.54) is 0 Å². The standard InChI is InChI=1S/C17H17IN4O3/c1-21(7-8-25-2)16-15(18)22-10-13(19-9-14(22)20-16)11-3-5-12(6-4-11)17(23)24/h3-6,9-10H,7-8H2,1-2H3,(H,23,24). The van der Waals surface area contributed by atoms with Gasteiger partial charge in [0.2, 0.25) is 0 Å². The van der Waals surface area contributed by atoms with Crippen molar-refractivity contribution in [2.75, 3.05) is 32.2 Å². The maximum absolute atomic E-state index is 11.0. The number of carboxylic acids is 1. The first-order valence-corrected chi connectivity index (χ1v) is 8.66. The second kappa shape index (κ2) is 7.36. The van der Waals surface area contributed by atoms with Crippen molar-refractivity contribution >= 4 is 40.0 Å². The number of benzene rings is 1. The van der Waals surface area contributed by atoms with Crippen molar-refractivity contribution in [1.82, 2.24) is 14.4 Å². The molecule has 0 unspecified atom stereocenters. The number of aromatic nitrogens is 3. The van der Waals surface area contributed by atoms with Crippen LogP contribution in [0.15, 0.2) is 36.7 Å². The number of fused-ring (bicyclic) bond motifs is 1. The Balaban J connectivity index is 1.96. The Bertz CT molecular complexity index is 908. The summed E-state index contributed by atoms with van der Waals surface area (Å²) >= 11 is 2.26. The van der Waals surface area contributed by atoms with Crippen LogP contribution in [0.2, 0.25) is 0 Å². The normalized spacial score (nSPS) is 11.0. The molecule has 0 aliphatic rings. The summed E-state index contributed by atoms with van der Waals surface area (Å²) in [6, 6.07) is 6.67. The zero-order valence-electron chi connectivity index (χ0n) is 13.8. The van der Waals surface area contributed by atoms with E-state index in [4.69, 9.17) is 9.84 Å². The SMILES string of the molecule is COCCN(C)c1nc2cnc(-c3ccc(C(=O)O)cc3)cn2c1I. The molecule has 0 aliphatic carbocycles. The molecule has 8 heteroatoms. The van der Waals surface area contributed by atoms with Gasteiger partial charge in [0.05, 0.1) is 24.1 Å². The van der Waals surface area contributed by atoms with E-state index >= 15 is 0 Å². The molecule has 2 aromatic heterocycles. The summed E-state index contributed by atoms with van der Waals surface area (Å²) in [5.41, 5.74) is 2.62. The van der Waals surface area contributed by atoms with Gasteiger partial charge < -0.3 is 14.7 Å². The number of nitrogens with zero attached hydrogens (tertiary/aromatic N) is 4. The van der Waals surface area contributed by atoms with E-state index < -0.39 is 5.97 Å². The average Bonchev–Trinajstić information content (AvgIpc) is 2.96. The number of carbonyl (C=O) groups is 1. The van der Waals surface area contributed by atoms with Crippen LogP contribution in [0.1, 0.15) is 10.4 Å². The third kappa shape index (κ3) is 3.59. The quantitative estimate of drug-likeness (QED) is 0.580. The lowest BCUT2D eigenvalue weighted by atomic mass is 10.1. The van der Waals surface area contributed by atoms with Crippen LogP contribution in [0.3, 0.4) is 0 Å². The monoisotopic (exact) mass is 452 g/mol. The van der Waals surface area contributed by atoms with Gasteiger partial charge >= 0.3 is 5.97 Å². The first kappa shape index (κ1) is 17.6. The van der Waals surface area contributed by atoms with Crippen LogP contribution in [-0.2, 0) is 4.74 Å². The van der Waals surface area contributed by atoms with Crippen molar-refractivity contribution in [3.05, 3.63) is 45.9 Å². The van der Waals surface area contributed by atoms with Crippen LogP contribution >= 0.6 is 22.6 Å². The summed E-state index contributed by atoms with van der Waals surface area (Å²) < 4.78 is 8.08. The fourth-order valence-electron chi connectivity index (χ4n) is 2.42. The van der Waals surface area contributed by atoms with Gasteiger partial charge in [0, 0.05) is 32.5 Å². The number of hydrogen-bond acceptors (Lipinski definition) is 5. The Hall–Kier alpha value is -2.20. The van der Waals surface area contributed by atoms with Gasteiger partial charge in [-0.3, -0.25) is 9.38 Å². The summed E-state index contributed by atoms with van der Waals surface area (Å²) in [6.45, 7) is 1.37. The second-order valence-corrected chi connectivity index (χ2v) is 6.55. The molecule has 0 aliphatic heterocycles. The first-order valence-electron chi connectivity index (χ1n) is 7.58. The number of imidazole rings is 1. The Kier molecular flexibility index (Phi) is 5.19. The zero-order chi connectivity index (χ0) is 18.0. The number of anilines is 1.